The van der Waals surface area contributed by atoms with Gasteiger partial charge in [0.05, 0.1) is 0 Å². The molecule has 0 unspecified atom stereocenters. The summed E-state index contributed by atoms with van der Waals surface area (Å²) in [5.74, 6) is -5.19. The number of hydrogen-bond acceptors (Lipinski definition) is 1. The van der Waals surface area contributed by atoms with Crippen LogP contribution < -0.4 is 5.73 Å². The van der Waals surface area contributed by atoms with Crippen LogP contribution in [0, 0.1) is 0 Å². The molecule has 0 heterocycles. The number of halogens is 2. The van der Waals surface area contributed by atoms with E-state index in [1.54, 1.807) is 19.1 Å². The molecule has 0 aliphatic heterocycles. The van der Waals surface area contributed by atoms with Crippen molar-refractivity contribution in [2.45, 2.75) is 19.3 Å². The van der Waals surface area contributed by atoms with Gasteiger partial charge in [0.15, 0.2) is 0 Å². The van der Waals surface area contributed by atoms with Gasteiger partial charge in [-0.15, -0.1) is 0 Å². The van der Waals surface area contributed by atoms with E-state index in [2.05, 4.69) is 5.73 Å². The van der Waals surface area contributed by atoms with Crippen molar-refractivity contribution in [3.8, 4) is 0 Å². The lowest BCUT2D eigenvalue weighted by Gasteiger charge is -2.15. The van der Waals surface area contributed by atoms with E-state index in [0.717, 1.165) is 0 Å². The van der Waals surface area contributed by atoms with E-state index >= 15 is 0 Å². The van der Waals surface area contributed by atoms with Crippen LogP contribution in [0.2, 0.25) is 0 Å². The van der Waals surface area contributed by atoms with Crippen molar-refractivity contribution in [1.82, 2.24) is 0 Å². The van der Waals surface area contributed by atoms with Gasteiger partial charge in [-0.1, -0.05) is 31.2 Å². The highest BCUT2D eigenvalue weighted by Gasteiger charge is 2.40. The number of amides is 1. The van der Waals surface area contributed by atoms with Crippen molar-refractivity contribution in [2.75, 3.05) is 0 Å². The van der Waals surface area contributed by atoms with Crippen molar-refractivity contribution in [2.24, 2.45) is 5.73 Å². The topological polar surface area (TPSA) is 43.1 Å². The maximum Gasteiger partial charge on any atom is 0.349 e. The largest absolute Gasteiger partial charge is 0.364 e. The lowest BCUT2D eigenvalue weighted by Crippen LogP contribution is -2.33. The molecule has 0 aromatic heterocycles. The second-order valence-corrected chi connectivity index (χ2v) is 2.95. The molecule has 14 heavy (non-hydrogen) atoms. The average molecular weight is 199 g/mol. The van der Waals surface area contributed by atoms with Gasteiger partial charge in [-0.3, -0.25) is 4.79 Å². The Morgan fingerprint density at radius 2 is 2.00 bits per heavy atom. The summed E-state index contributed by atoms with van der Waals surface area (Å²) < 4.78 is 26.5. The van der Waals surface area contributed by atoms with E-state index in [0.29, 0.717) is 12.0 Å². The molecule has 2 nitrogen and oxygen atoms in total. The summed E-state index contributed by atoms with van der Waals surface area (Å²) in [6.07, 6.45) is 0.443. The molecule has 0 aliphatic carbocycles. The second-order valence-electron chi connectivity index (χ2n) is 2.95. The summed E-state index contributed by atoms with van der Waals surface area (Å²) in [4.78, 5) is 10.6. The lowest BCUT2D eigenvalue weighted by molar-refractivity contribution is -0.143. The quantitative estimate of drug-likeness (QED) is 0.792. The highest BCUT2D eigenvalue weighted by atomic mass is 19.3. The van der Waals surface area contributed by atoms with Crippen molar-refractivity contribution in [3.63, 3.8) is 0 Å². The minimum absolute atomic E-state index is 0.296. The maximum absolute atomic E-state index is 13.3. The van der Waals surface area contributed by atoms with Crippen LogP contribution >= 0.6 is 0 Å². The molecular weight excluding hydrogens is 188 g/mol. The number of carbonyl (C=O) groups excluding carboxylic acids is 1. The van der Waals surface area contributed by atoms with Crippen LogP contribution in [-0.4, -0.2) is 5.91 Å². The molecule has 4 heteroatoms. The summed E-state index contributed by atoms with van der Waals surface area (Å²) >= 11 is 0. The Kier molecular flexibility index (Phi) is 2.84. The van der Waals surface area contributed by atoms with Gasteiger partial charge in [-0.2, -0.15) is 8.78 Å². The summed E-state index contributed by atoms with van der Waals surface area (Å²) in [7, 11) is 0. The third kappa shape index (κ3) is 1.73. The minimum atomic E-state index is -3.58. The first-order valence-corrected chi connectivity index (χ1v) is 4.26. The Morgan fingerprint density at radius 1 is 1.43 bits per heavy atom. The van der Waals surface area contributed by atoms with Gasteiger partial charge in [0, 0.05) is 5.56 Å². The SMILES string of the molecule is CCc1ccccc1C(F)(F)C(N)=O. The monoisotopic (exact) mass is 199 g/mol. The zero-order chi connectivity index (χ0) is 10.8. The Morgan fingerprint density at radius 3 is 2.50 bits per heavy atom. The molecule has 1 aromatic carbocycles. The second kappa shape index (κ2) is 3.74. The van der Waals surface area contributed by atoms with Gasteiger partial charge in [-0.05, 0) is 12.0 Å². The highest BCUT2D eigenvalue weighted by molar-refractivity contribution is 5.83. The molecule has 2 N–H and O–H groups in total. The van der Waals surface area contributed by atoms with Crippen LogP contribution in [0.25, 0.3) is 0 Å². The van der Waals surface area contributed by atoms with Crippen molar-refractivity contribution >= 4 is 5.91 Å². The standard InChI is InChI=1S/C10H11F2NO/c1-2-7-5-3-4-6-8(7)10(11,12)9(13)14/h3-6H,2H2,1H3,(H2,13,14). The van der Waals surface area contributed by atoms with Crippen LogP contribution in [0.5, 0.6) is 0 Å². The van der Waals surface area contributed by atoms with Crippen LogP contribution in [0.15, 0.2) is 24.3 Å². The van der Waals surface area contributed by atoms with E-state index in [1.165, 1.54) is 12.1 Å². The maximum atomic E-state index is 13.3. The average Bonchev–Trinajstić information content (AvgIpc) is 2.17. The predicted octanol–water partition coefficient (Wildman–Crippen LogP) is 1.83. The van der Waals surface area contributed by atoms with Crippen LogP contribution in [-0.2, 0) is 17.1 Å². The number of nitrogens with two attached hydrogens (primary N) is 1. The molecular formula is C10H11F2NO. The zero-order valence-corrected chi connectivity index (χ0v) is 7.76. The fourth-order valence-electron chi connectivity index (χ4n) is 1.27. The highest BCUT2D eigenvalue weighted by Crippen LogP contribution is 2.30. The van der Waals surface area contributed by atoms with Crippen molar-refractivity contribution in [1.29, 1.82) is 0 Å². The zero-order valence-electron chi connectivity index (χ0n) is 7.76. The first-order valence-electron chi connectivity index (χ1n) is 4.26. The Hall–Kier alpha value is -1.45. The van der Waals surface area contributed by atoms with E-state index < -0.39 is 11.8 Å². The molecule has 0 spiro atoms. The molecule has 0 bridgehead atoms. The van der Waals surface area contributed by atoms with E-state index in [1.807, 2.05) is 0 Å². The minimum Gasteiger partial charge on any atom is -0.364 e. The summed E-state index contributed by atoms with van der Waals surface area (Å²) in [5, 5.41) is 0. The van der Waals surface area contributed by atoms with Gasteiger partial charge >= 0.3 is 5.92 Å². The lowest BCUT2D eigenvalue weighted by atomic mass is 9.99. The molecule has 0 saturated heterocycles. The first-order chi connectivity index (χ1) is 6.50. The third-order valence-corrected chi connectivity index (χ3v) is 2.05. The molecule has 0 fully saturated rings. The normalized spacial score (nSPS) is 11.4. The van der Waals surface area contributed by atoms with Crippen LogP contribution in [0.1, 0.15) is 18.1 Å². The summed E-state index contributed by atoms with van der Waals surface area (Å²) in [6.45, 7) is 1.75. The molecule has 0 radical (unpaired) electrons. The third-order valence-electron chi connectivity index (χ3n) is 2.05. The fourth-order valence-corrected chi connectivity index (χ4v) is 1.27. The number of carbonyl (C=O) groups is 1. The fraction of sp³-hybridized carbons (Fsp3) is 0.300. The van der Waals surface area contributed by atoms with E-state index in [4.69, 9.17) is 0 Å². The van der Waals surface area contributed by atoms with Crippen LogP contribution in [0.3, 0.4) is 0 Å². The Balaban J connectivity index is 3.24. The van der Waals surface area contributed by atoms with Gasteiger partial charge in [-0.25, -0.2) is 0 Å². The van der Waals surface area contributed by atoms with Crippen molar-refractivity contribution in [3.05, 3.63) is 35.4 Å². The van der Waals surface area contributed by atoms with Gasteiger partial charge in [0.1, 0.15) is 0 Å². The summed E-state index contributed by atoms with van der Waals surface area (Å²) in [6, 6.07) is 5.90. The Bertz CT molecular complexity index is 350. The van der Waals surface area contributed by atoms with Crippen molar-refractivity contribution < 1.29 is 13.6 Å². The molecule has 0 saturated carbocycles. The molecule has 76 valence electrons. The molecule has 1 amide bonds. The van der Waals surface area contributed by atoms with Gasteiger partial charge in [0.25, 0.3) is 5.91 Å². The number of benzene rings is 1. The van der Waals surface area contributed by atoms with Gasteiger partial charge < -0.3 is 5.73 Å². The van der Waals surface area contributed by atoms with Crippen LogP contribution in [0.4, 0.5) is 8.78 Å². The molecule has 1 aromatic rings. The summed E-state index contributed by atoms with van der Waals surface area (Å²) in [5.41, 5.74) is 4.78. The number of primary amides is 1. The smallest absolute Gasteiger partial charge is 0.349 e. The first kappa shape index (κ1) is 10.6. The predicted molar refractivity (Wildman–Crippen MR) is 48.9 cm³/mol. The number of rotatable bonds is 3. The molecule has 0 atom stereocenters. The van der Waals surface area contributed by atoms with Gasteiger partial charge in [0.2, 0.25) is 0 Å². The number of alkyl halides is 2. The molecule has 1 rings (SSSR count). The number of aryl methyl sites for hydroxylation is 1. The van der Waals surface area contributed by atoms with E-state index in [9.17, 15) is 13.6 Å². The number of hydrogen-bond donors (Lipinski definition) is 1. The van der Waals surface area contributed by atoms with E-state index in [-0.39, 0.29) is 5.56 Å². The Labute approximate surface area is 80.7 Å². The molecule has 0 aliphatic rings.